The first-order valence-electron chi connectivity index (χ1n) is 7.83. The van der Waals surface area contributed by atoms with Crippen LogP contribution in [0.15, 0.2) is 24.3 Å². The normalized spacial score (nSPS) is 24.7. The minimum atomic E-state index is -0.323. The predicted octanol–water partition coefficient (Wildman–Crippen LogP) is 1.73. The fourth-order valence-electron chi connectivity index (χ4n) is 3.36. The second-order valence-electron chi connectivity index (χ2n) is 6.60. The minimum Gasteiger partial charge on any atom is -0.396 e. The van der Waals surface area contributed by atoms with Crippen molar-refractivity contribution in [1.29, 1.82) is 0 Å². The number of rotatable bonds is 5. The van der Waals surface area contributed by atoms with Gasteiger partial charge in [0.1, 0.15) is 5.82 Å². The highest BCUT2D eigenvalue weighted by atomic mass is 19.1. The van der Waals surface area contributed by atoms with E-state index < -0.39 is 0 Å². The highest BCUT2D eigenvalue weighted by molar-refractivity contribution is 5.98. The molecule has 1 aromatic rings. The first-order valence-corrected chi connectivity index (χ1v) is 7.83. The number of benzene rings is 1. The van der Waals surface area contributed by atoms with Gasteiger partial charge in [0.2, 0.25) is 0 Å². The molecule has 4 nitrogen and oxygen atoms in total. The molecule has 1 atom stereocenters. The summed E-state index contributed by atoms with van der Waals surface area (Å²) in [6, 6.07) is 5.79. The molecule has 0 saturated carbocycles. The Kier molecular flexibility index (Phi) is 4.57. The second kappa shape index (κ2) is 6.44. The maximum absolute atomic E-state index is 13.0. The highest BCUT2D eigenvalue weighted by Gasteiger charge is 2.40. The van der Waals surface area contributed by atoms with Crippen molar-refractivity contribution >= 4 is 5.78 Å². The molecule has 120 valence electrons. The van der Waals surface area contributed by atoms with E-state index in [1.54, 1.807) is 12.1 Å². The maximum atomic E-state index is 13.0. The Hall–Kier alpha value is -1.30. The van der Waals surface area contributed by atoms with Gasteiger partial charge in [0.15, 0.2) is 5.78 Å². The number of ether oxygens (including phenoxy) is 1. The highest BCUT2D eigenvalue weighted by Crippen LogP contribution is 2.30. The molecule has 2 saturated heterocycles. The Labute approximate surface area is 129 Å². The van der Waals surface area contributed by atoms with Gasteiger partial charge in [0, 0.05) is 24.6 Å². The summed E-state index contributed by atoms with van der Waals surface area (Å²) >= 11 is 0. The van der Waals surface area contributed by atoms with Gasteiger partial charge >= 0.3 is 0 Å². The molecule has 2 heterocycles. The number of hydrogen-bond acceptors (Lipinski definition) is 4. The second-order valence-corrected chi connectivity index (χ2v) is 6.60. The van der Waals surface area contributed by atoms with Gasteiger partial charge in [-0.2, -0.15) is 0 Å². The quantitative estimate of drug-likeness (QED) is 0.842. The molecule has 5 heteroatoms. The standard InChI is InChI=1S/C17H22FNO3/c18-15-5-3-13(4-6-15)16(21)14-2-1-7-19(8-14)9-17(10-20)11-22-12-17/h3-6,14,20H,1-2,7-12H2. The summed E-state index contributed by atoms with van der Waals surface area (Å²) in [6.45, 7) is 3.75. The molecule has 0 amide bonds. The van der Waals surface area contributed by atoms with E-state index in [9.17, 15) is 14.3 Å². The summed E-state index contributed by atoms with van der Waals surface area (Å²) < 4.78 is 18.2. The number of aliphatic hydroxyl groups excluding tert-OH is 1. The first-order chi connectivity index (χ1) is 10.6. The minimum absolute atomic E-state index is 0.0454. The number of ketones is 1. The van der Waals surface area contributed by atoms with Gasteiger partial charge in [-0.05, 0) is 43.7 Å². The van der Waals surface area contributed by atoms with E-state index in [1.165, 1.54) is 12.1 Å². The van der Waals surface area contributed by atoms with E-state index in [0.29, 0.717) is 25.3 Å². The van der Waals surface area contributed by atoms with E-state index in [-0.39, 0.29) is 29.5 Å². The topological polar surface area (TPSA) is 49.8 Å². The molecule has 22 heavy (non-hydrogen) atoms. The summed E-state index contributed by atoms with van der Waals surface area (Å²) in [5.41, 5.74) is 0.429. The Balaban J connectivity index is 1.62. The lowest BCUT2D eigenvalue weighted by atomic mass is 9.84. The van der Waals surface area contributed by atoms with Crippen molar-refractivity contribution < 1.29 is 19.0 Å². The summed E-state index contributed by atoms with van der Waals surface area (Å²) in [4.78, 5) is 14.8. The Morgan fingerprint density at radius 1 is 1.36 bits per heavy atom. The number of nitrogens with zero attached hydrogens (tertiary/aromatic N) is 1. The van der Waals surface area contributed by atoms with Gasteiger partial charge in [-0.3, -0.25) is 4.79 Å². The molecule has 0 aliphatic carbocycles. The van der Waals surface area contributed by atoms with Crippen molar-refractivity contribution in [3.63, 3.8) is 0 Å². The third-order valence-electron chi connectivity index (χ3n) is 4.72. The lowest BCUT2D eigenvalue weighted by Gasteiger charge is -2.45. The molecule has 2 aliphatic heterocycles. The van der Waals surface area contributed by atoms with Crippen LogP contribution >= 0.6 is 0 Å². The molecule has 1 unspecified atom stereocenters. The lowest BCUT2D eigenvalue weighted by molar-refractivity contribution is -0.150. The monoisotopic (exact) mass is 307 g/mol. The van der Waals surface area contributed by atoms with Crippen molar-refractivity contribution in [2.45, 2.75) is 12.8 Å². The molecule has 2 aliphatic rings. The number of likely N-dealkylation sites (tertiary alicyclic amines) is 1. The van der Waals surface area contributed by atoms with Gasteiger partial charge in [-0.1, -0.05) is 0 Å². The molecule has 0 radical (unpaired) electrons. The maximum Gasteiger partial charge on any atom is 0.167 e. The number of hydrogen-bond donors (Lipinski definition) is 1. The summed E-state index contributed by atoms with van der Waals surface area (Å²) in [5.74, 6) is -0.278. The fraction of sp³-hybridized carbons (Fsp3) is 0.588. The zero-order valence-corrected chi connectivity index (χ0v) is 12.6. The zero-order valence-electron chi connectivity index (χ0n) is 12.6. The summed E-state index contributed by atoms with van der Waals surface area (Å²) in [7, 11) is 0. The van der Waals surface area contributed by atoms with Crippen LogP contribution in [0.3, 0.4) is 0 Å². The van der Waals surface area contributed by atoms with Crippen LogP contribution in [-0.2, 0) is 4.74 Å². The Bertz CT molecular complexity index is 522. The van der Waals surface area contributed by atoms with E-state index >= 15 is 0 Å². The van der Waals surface area contributed by atoms with Gasteiger partial charge in [-0.15, -0.1) is 0 Å². The van der Waals surface area contributed by atoms with Crippen LogP contribution in [-0.4, -0.2) is 55.2 Å². The van der Waals surface area contributed by atoms with Gasteiger partial charge in [0.05, 0.1) is 25.2 Å². The largest absolute Gasteiger partial charge is 0.396 e. The van der Waals surface area contributed by atoms with Crippen molar-refractivity contribution in [1.82, 2.24) is 4.90 Å². The smallest absolute Gasteiger partial charge is 0.167 e. The summed E-state index contributed by atoms with van der Waals surface area (Å²) in [6.07, 6.45) is 1.84. The first kappa shape index (κ1) is 15.6. The molecular formula is C17H22FNO3. The van der Waals surface area contributed by atoms with Crippen LogP contribution < -0.4 is 0 Å². The SMILES string of the molecule is O=C(c1ccc(F)cc1)C1CCCN(CC2(CO)COC2)C1. The molecule has 0 aromatic heterocycles. The van der Waals surface area contributed by atoms with Crippen LogP contribution in [0.4, 0.5) is 4.39 Å². The van der Waals surface area contributed by atoms with Crippen LogP contribution in [0.5, 0.6) is 0 Å². The third-order valence-corrected chi connectivity index (χ3v) is 4.72. The Morgan fingerprint density at radius 3 is 2.68 bits per heavy atom. The van der Waals surface area contributed by atoms with Crippen molar-refractivity contribution in [2.24, 2.45) is 11.3 Å². The Morgan fingerprint density at radius 2 is 2.09 bits per heavy atom. The van der Waals surface area contributed by atoms with Crippen LogP contribution in [0.25, 0.3) is 0 Å². The summed E-state index contributed by atoms with van der Waals surface area (Å²) in [5, 5.41) is 9.54. The predicted molar refractivity (Wildman–Crippen MR) is 80.2 cm³/mol. The molecule has 0 bridgehead atoms. The third kappa shape index (κ3) is 3.21. The number of aliphatic hydroxyl groups is 1. The molecular weight excluding hydrogens is 285 g/mol. The molecule has 0 spiro atoms. The van der Waals surface area contributed by atoms with Crippen molar-refractivity contribution in [3.8, 4) is 0 Å². The van der Waals surface area contributed by atoms with Gasteiger partial charge < -0.3 is 14.7 Å². The average molecular weight is 307 g/mol. The number of Topliss-reactive ketones (excluding diaryl/α,β-unsaturated/α-hetero) is 1. The van der Waals surface area contributed by atoms with Crippen molar-refractivity contribution in [2.75, 3.05) is 39.5 Å². The van der Waals surface area contributed by atoms with E-state index in [1.807, 2.05) is 0 Å². The fourth-order valence-corrected chi connectivity index (χ4v) is 3.36. The number of carbonyl (C=O) groups excluding carboxylic acids is 1. The van der Waals surface area contributed by atoms with Crippen molar-refractivity contribution in [3.05, 3.63) is 35.6 Å². The van der Waals surface area contributed by atoms with E-state index in [0.717, 1.165) is 25.9 Å². The average Bonchev–Trinajstić information content (AvgIpc) is 2.51. The molecule has 2 fully saturated rings. The van der Waals surface area contributed by atoms with Gasteiger partial charge in [-0.25, -0.2) is 4.39 Å². The van der Waals surface area contributed by atoms with Crippen LogP contribution in [0.1, 0.15) is 23.2 Å². The molecule has 1 aromatic carbocycles. The van der Waals surface area contributed by atoms with E-state index in [4.69, 9.17) is 4.74 Å². The van der Waals surface area contributed by atoms with E-state index in [2.05, 4.69) is 4.90 Å². The molecule has 1 N–H and O–H groups in total. The van der Waals surface area contributed by atoms with Crippen LogP contribution in [0.2, 0.25) is 0 Å². The van der Waals surface area contributed by atoms with Crippen LogP contribution in [0, 0.1) is 17.2 Å². The number of carbonyl (C=O) groups is 1. The lowest BCUT2D eigenvalue weighted by Crippen LogP contribution is -2.55. The zero-order chi connectivity index (χ0) is 15.6. The molecule has 3 rings (SSSR count). The van der Waals surface area contributed by atoms with Gasteiger partial charge in [0.25, 0.3) is 0 Å². The number of halogens is 1. The number of piperidine rings is 1.